The number of nitrogens with zero attached hydrogens (tertiary/aromatic N) is 1. The maximum Gasteiger partial charge on any atom is 0.283 e. The molecule has 0 saturated heterocycles. The minimum absolute atomic E-state index is 0.0242. The molecule has 3 amide bonds. The highest BCUT2D eigenvalue weighted by atomic mass is 35.5. The van der Waals surface area contributed by atoms with Crippen molar-refractivity contribution in [3.8, 4) is 0 Å². The highest BCUT2D eigenvalue weighted by molar-refractivity contribution is 6.53. The van der Waals surface area contributed by atoms with Crippen LogP contribution in [-0.2, 0) is 9.59 Å². The van der Waals surface area contributed by atoms with Crippen LogP contribution in [-0.4, -0.2) is 17.7 Å². The van der Waals surface area contributed by atoms with Crippen molar-refractivity contribution in [2.45, 2.75) is 40.5 Å². The highest BCUT2D eigenvalue weighted by Crippen LogP contribution is 2.32. The van der Waals surface area contributed by atoms with Gasteiger partial charge in [0.25, 0.3) is 17.7 Å². The van der Waals surface area contributed by atoms with Crippen LogP contribution in [0.25, 0.3) is 0 Å². The molecule has 1 aliphatic rings. The largest absolute Gasteiger partial charge is 0.349 e. The number of hydrogen-bond acceptors (Lipinski definition) is 4. The number of para-hydroxylation sites is 1. The fourth-order valence-corrected chi connectivity index (χ4v) is 4.31. The van der Waals surface area contributed by atoms with Crippen molar-refractivity contribution in [1.29, 1.82) is 0 Å². The van der Waals surface area contributed by atoms with Gasteiger partial charge in [0.15, 0.2) is 0 Å². The van der Waals surface area contributed by atoms with Gasteiger partial charge < -0.3 is 10.6 Å². The Kier molecular flexibility index (Phi) is 7.00. The van der Waals surface area contributed by atoms with Crippen molar-refractivity contribution >= 4 is 46.4 Å². The molecule has 3 aromatic rings. The summed E-state index contributed by atoms with van der Waals surface area (Å²) in [5.41, 5.74) is 5.95. The number of rotatable bonds is 6. The number of aryl methyl sites for hydroxylation is 3. The Morgan fingerprint density at radius 2 is 1.58 bits per heavy atom. The Morgan fingerprint density at radius 3 is 2.25 bits per heavy atom. The van der Waals surface area contributed by atoms with E-state index < -0.39 is 11.8 Å². The molecule has 3 aromatic carbocycles. The van der Waals surface area contributed by atoms with Crippen LogP contribution in [0.5, 0.6) is 0 Å². The summed E-state index contributed by atoms with van der Waals surface area (Å²) in [4.78, 5) is 40.2. The van der Waals surface area contributed by atoms with Gasteiger partial charge in [-0.3, -0.25) is 14.4 Å². The monoisotopic (exact) mass is 501 g/mol. The Balaban J connectivity index is 1.60. The van der Waals surface area contributed by atoms with Crippen molar-refractivity contribution in [2.75, 3.05) is 15.5 Å². The highest BCUT2D eigenvalue weighted by Gasteiger charge is 2.39. The zero-order valence-electron chi connectivity index (χ0n) is 20.9. The van der Waals surface area contributed by atoms with Crippen molar-refractivity contribution in [3.63, 3.8) is 0 Å². The van der Waals surface area contributed by atoms with Crippen molar-refractivity contribution in [3.05, 3.63) is 99.2 Å². The zero-order chi connectivity index (χ0) is 26.1. The molecule has 0 unspecified atom stereocenters. The Hall–Kier alpha value is -3.90. The number of nitrogens with one attached hydrogen (secondary N) is 2. The van der Waals surface area contributed by atoms with E-state index in [0.29, 0.717) is 16.9 Å². The van der Waals surface area contributed by atoms with Gasteiger partial charge in [-0.25, -0.2) is 4.90 Å². The average Bonchev–Trinajstić information content (AvgIpc) is 3.05. The molecule has 0 saturated carbocycles. The minimum Gasteiger partial charge on any atom is -0.349 e. The van der Waals surface area contributed by atoms with Crippen LogP contribution >= 0.6 is 11.6 Å². The van der Waals surface area contributed by atoms with E-state index in [1.807, 2.05) is 51.1 Å². The summed E-state index contributed by atoms with van der Waals surface area (Å²) in [5, 5.41) is 5.85. The SMILES string of the molecule is Cc1ccc(N2C(=O)C(Cl)=C(Nc3cc(C(=O)Nc4c(C)cccc4C(C)C)ccc3C)C2=O)cc1. The van der Waals surface area contributed by atoms with E-state index in [9.17, 15) is 14.4 Å². The molecule has 0 spiro atoms. The summed E-state index contributed by atoms with van der Waals surface area (Å²) in [6, 6.07) is 18.1. The van der Waals surface area contributed by atoms with Crippen LogP contribution in [0.2, 0.25) is 0 Å². The quantitative estimate of drug-likeness (QED) is 0.382. The predicted molar refractivity (Wildman–Crippen MR) is 145 cm³/mol. The standard InChI is InChI=1S/C29H28ClN3O3/c1-16(2)22-8-6-7-19(5)25(22)32-27(34)20-12-11-18(4)23(15-20)31-26-24(30)28(35)33(29(26)36)21-13-9-17(3)10-14-21/h6-16,31H,1-5H3,(H,32,34). The lowest BCUT2D eigenvalue weighted by molar-refractivity contribution is -0.120. The van der Waals surface area contributed by atoms with Crippen molar-refractivity contribution in [1.82, 2.24) is 0 Å². The van der Waals surface area contributed by atoms with E-state index in [-0.39, 0.29) is 22.6 Å². The molecule has 7 heteroatoms. The number of carbonyl (C=O) groups is 3. The van der Waals surface area contributed by atoms with Gasteiger partial charge in [0, 0.05) is 16.9 Å². The summed E-state index contributed by atoms with van der Waals surface area (Å²) >= 11 is 6.30. The van der Waals surface area contributed by atoms with Gasteiger partial charge in [-0.1, -0.05) is 67.4 Å². The number of halogens is 1. The molecule has 0 bridgehead atoms. The smallest absolute Gasteiger partial charge is 0.283 e. The van der Waals surface area contributed by atoms with Gasteiger partial charge in [0.05, 0.1) is 5.69 Å². The first-order valence-electron chi connectivity index (χ1n) is 11.7. The number of hydrogen-bond donors (Lipinski definition) is 2. The van der Waals surface area contributed by atoms with E-state index in [1.165, 1.54) is 0 Å². The van der Waals surface area contributed by atoms with Gasteiger partial charge in [-0.2, -0.15) is 0 Å². The third-order valence-corrected chi connectivity index (χ3v) is 6.60. The third-order valence-electron chi connectivity index (χ3n) is 6.24. The van der Waals surface area contributed by atoms with Crippen LogP contribution in [0.3, 0.4) is 0 Å². The lowest BCUT2D eigenvalue weighted by Gasteiger charge is -2.18. The van der Waals surface area contributed by atoms with Crippen LogP contribution in [0.1, 0.15) is 52.4 Å². The summed E-state index contributed by atoms with van der Waals surface area (Å²) in [6.45, 7) is 9.88. The number of amides is 3. The lowest BCUT2D eigenvalue weighted by Crippen LogP contribution is -2.32. The fraction of sp³-hybridized carbons (Fsp3) is 0.207. The molecule has 0 aromatic heterocycles. The number of carbonyl (C=O) groups excluding carboxylic acids is 3. The van der Waals surface area contributed by atoms with E-state index >= 15 is 0 Å². The van der Waals surface area contributed by atoms with Crippen LogP contribution < -0.4 is 15.5 Å². The van der Waals surface area contributed by atoms with Crippen molar-refractivity contribution < 1.29 is 14.4 Å². The average molecular weight is 502 g/mol. The maximum absolute atomic E-state index is 13.2. The van der Waals surface area contributed by atoms with Crippen LogP contribution in [0, 0.1) is 20.8 Å². The minimum atomic E-state index is -0.597. The first-order valence-corrected chi connectivity index (χ1v) is 12.1. The molecular formula is C29H28ClN3O3. The summed E-state index contributed by atoms with van der Waals surface area (Å²) in [6.07, 6.45) is 0. The zero-order valence-corrected chi connectivity index (χ0v) is 21.7. The molecule has 2 N–H and O–H groups in total. The van der Waals surface area contributed by atoms with Gasteiger partial charge in [-0.15, -0.1) is 0 Å². The molecule has 36 heavy (non-hydrogen) atoms. The third kappa shape index (κ3) is 4.77. The van der Waals surface area contributed by atoms with E-state index in [4.69, 9.17) is 11.6 Å². The normalized spacial score (nSPS) is 13.6. The molecule has 1 aliphatic heterocycles. The van der Waals surface area contributed by atoms with Gasteiger partial charge in [-0.05, 0) is 67.6 Å². The fourth-order valence-electron chi connectivity index (χ4n) is 4.10. The Bertz CT molecular complexity index is 1410. The topological polar surface area (TPSA) is 78.5 Å². The second kappa shape index (κ2) is 9.99. The number of anilines is 3. The number of imide groups is 1. The molecule has 0 atom stereocenters. The first-order chi connectivity index (χ1) is 17.1. The van der Waals surface area contributed by atoms with Gasteiger partial charge >= 0.3 is 0 Å². The van der Waals surface area contributed by atoms with E-state index in [0.717, 1.165) is 32.8 Å². The molecule has 184 valence electrons. The molecule has 0 aliphatic carbocycles. The summed E-state index contributed by atoms with van der Waals surface area (Å²) in [7, 11) is 0. The summed E-state index contributed by atoms with van der Waals surface area (Å²) < 4.78 is 0. The summed E-state index contributed by atoms with van der Waals surface area (Å²) in [5.74, 6) is -1.18. The number of benzene rings is 3. The van der Waals surface area contributed by atoms with E-state index in [2.05, 4.69) is 24.5 Å². The Morgan fingerprint density at radius 1 is 0.889 bits per heavy atom. The first kappa shape index (κ1) is 25.2. The van der Waals surface area contributed by atoms with Crippen LogP contribution in [0.4, 0.5) is 17.1 Å². The van der Waals surface area contributed by atoms with Crippen molar-refractivity contribution in [2.24, 2.45) is 0 Å². The predicted octanol–water partition coefficient (Wildman–Crippen LogP) is 6.42. The van der Waals surface area contributed by atoms with E-state index in [1.54, 1.807) is 30.3 Å². The van der Waals surface area contributed by atoms with Gasteiger partial charge in [0.2, 0.25) is 0 Å². The molecule has 0 fully saturated rings. The molecular weight excluding hydrogens is 474 g/mol. The lowest BCUT2D eigenvalue weighted by atomic mass is 9.98. The Labute approximate surface area is 216 Å². The second-order valence-corrected chi connectivity index (χ2v) is 9.65. The molecule has 4 rings (SSSR count). The second-order valence-electron chi connectivity index (χ2n) is 9.27. The van der Waals surface area contributed by atoms with Crippen LogP contribution in [0.15, 0.2) is 71.4 Å². The molecule has 0 radical (unpaired) electrons. The maximum atomic E-state index is 13.2. The molecule has 1 heterocycles. The van der Waals surface area contributed by atoms with Gasteiger partial charge in [0.1, 0.15) is 10.7 Å². The molecule has 6 nitrogen and oxygen atoms in total.